The quantitative estimate of drug-likeness (QED) is 0.840. The first-order chi connectivity index (χ1) is 8.25. The van der Waals surface area contributed by atoms with Gasteiger partial charge in [-0.2, -0.15) is 0 Å². The Morgan fingerprint density at radius 1 is 1.06 bits per heavy atom. The van der Waals surface area contributed by atoms with Gasteiger partial charge in [0.05, 0.1) is 0 Å². The molecule has 2 rings (SSSR count). The van der Waals surface area contributed by atoms with E-state index >= 15 is 0 Å². The van der Waals surface area contributed by atoms with Gasteiger partial charge >= 0.3 is 0 Å². The summed E-state index contributed by atoms with van der Waals surface area (Å²) in [5.41, 5.74) is 8.14. The van der Waals surface area contributed by atoms with Gasteiger partial charge in [0, 0.05) is 18.4 Å². The van der Waals surface area contributed by atoms with Crippen LogP contribution in [0, 0.1) is 0 Å². The first-order valence-electron chi connectivity index (χ1n) is 5.67. The third kappa shape index (κ3) is 3.29. The second-order valence-electron chi connectivity index (χ2n) is 4.15. The van der Waals surface area contributed by atoms with Crippen molar-refractivity contribution in [1.82, 2.24) is 4.98 Å². The summed E-state index contributed by atoms with van der Waals surface area (Å²) in [7, 11) is 0. The normalized spacial score (nSPS) is 12.3. The number of nitrogens with two attached hydrogens (primary N) is 1. The lowest BCUT2D eigenvalue weighted by Gasteiger charge is -2.12. The van der Waals surface area contributed by atoms with Crippen LogP contribution in [0.1, 0.15) is 11.1 Å². The number of phenolic OH excluding ortho intramolecular Hbond substituents is 1. The van der Waals surface area contributed by atoms with Crippen molar-refractivity contribution in [3.05, 3.63) is 59.9 Å². The van der Waals surface area contributed by atoms with E-state index in [0.717, 1.165) is 12.0 Å². The minimum Gasteiger partial charge on any atom is -0.508 e. The molecule has 1 atom stereocenters. The van der Waals surface area contributed by atoms with E-state index in [-0.39, 0.29) is 6.04 Å². The fourth-order valence-electron chi connectivity index (χ4n) is 1.86. The largest absolute Gasteiger partial charge is 0.508 e. The minimum atomic E-state index is 0.00528. The number of hydrogen-bond acceptors (Lipinski definition) is 3. The lowest BCUT2D eigenvalue weighted by Crippen LogP contribution is -2.25. The molecule has 0 saturated heterocycles. The highest BCUT2D eigenvalue weighted by Gasteiger charge is 2.08. The molecule has 1 aromatic carbocycles. The first-order valence-corrected chi connectivity index (χ1v) is 5.67. The Bertz CT molecular complexity index is 471. The highest BCUT2D eigenvalue weighted by molar-refractivity contribution is 5.32. The van der Waals surface area contributed by atoms with Crippen molar-refractivity contribution in [3.63, 3.8) is 0 Å². The molecule has 3 N–H and O–H groups in total. The van der Waals surface area contributed by atoms with Gasteiger partial charge in [-0.3, -0.25) is 4.98 Å². The van der Waals surface area contributed by atoms with E-state index in [1.54, 1.807) is 18.5 Å². The van der Waals surface area contributed by atoms with E-state index < -0.39 is 0 Å². The van der Waals surface area contributed by atoms with Crippen LogP contribution in [0.2, 0.25) is 0 Å². The Balaban J connectivity index is 1.98. The van der Waals surface area contributed by atoms with Crippen LogP contribution in [0.5, 0.6) is 5.75 Å². The lowest BCUT2D eigenvalue weighted by atomic mass is 10.00. The van der Waals surface area contributed by atoms with Crippen molar-refractivity contribution in [2.45, 2.75) is 18.9 Å². The van der Waals surface area contributed by atoms with Crippen LogP contribution in [-0.2, 0) is 12.8 Å². The Morgan fingerprint density at radius 3 is 2.47 bits per heavy atom. The maximum atomic E-state index is 9.66. The average molecular weight is 228 g/mol. The number of nitrogens with zero attached hydrogens (tertiary/aromatic N) is 1. The summed E-state index contributed by atoms with van der Waals surface area (Å²) in [6.45, 7) is 0. The summed E-state index contributed by atoms with van der Waals surface area (Å²) in [4.78, 5) is 3.97. The minimum absolute atomic E-state index is 0.00528. The Hall–Kier alpha value is -1.87. The number of rotatable bonds is 4. The molecule has 0 radical (unpaired) electrons. The van der Waals surface area contributed by atoms with Gasteiger partial charge in [0.1, 0.15) is 5.75 Å². The van der Waals surface area contributed by atoms with Gasteiger partial charge in [-0.1, -0.05) is 18.2 Å². The second-order valence-corrected chi connectivity index (χ2v) is 4.15. The molecule has 3 nitrogen and oxygen atoms in total. The van der Waals surface area contributed by atoms with E-state index in [4.69, 9.17) is 5.73 Å². The molecule has 88 valence electrons. The lowest BCUT2D eigenvalue weighted by molar-refractivity contribution is 0.464. The molecule has 3 heteroatoms. The SMILES string of the molecule is NC(Cc1ccncc1)Cc1ccccc1O. The third-order valence-corrected chi connectivity index (χ3v) is 2.72. The number of aromatic hydroxyl groups is 1. The molecule has 0 bridgehead atoms. The number of benzene rings is 1. The summed E-state index contributed by atoms with van der Waals surface area (Å²) in [6.07, 6.45) is 5.00. The van der Waals surface area contributed by atoms with Gasteiger partial charge in [-0.25, -0.2) is 0 Å². The number of pyridine rings is 1. The summed E-state index contributed by atoms with van der Waals surface area (Å²) in [5.74, 6) is 0.317. The van der Waals surface area contributed by atoms with Crippen molar-refractivity contribution >= 4 is 0 Å². The van der Waals surface area contributed by atoms with E-state index in [0.29, 0.717) is 12.2 Å². The van der Waals surface area contributed by atoms with Crippen LogP contribution in [0.3, 0.4) is 0 Å². The maximum Gasteiger partial charge on any atom is 0.118 e. The summed E-state index contributed by atoms with van der Waals surface area (Å²) < 4.78 is 0. The molecule has 17 heavy (non-hydrogen) atoms. The molecular weight excluding hydrogens is 212 g/mol. The fourth-order valence-corrected chi connectivity index (χ4v) is 1.86. The maximum absolute atomic E-state index is 9.66. The Kier molecular flexibility index (Phi) is 3.73. The van der Waals surface area contributed by atoms with E-state index in [2.05, 4.69) is 4.98 Å². The zero-order valence-electron chi connectivity index (χ0n) is 9.58. The van der Waals surface area contributed by atoms with Gasteiger partial charge in [-0.05, 0) is 42.2 Å². The number of phenols is 1. The molecule has 0 amide bonds. The molecule has 1 heterocycles. The van der Waals surface area contributed by atoms with Gasteiger partial charge < -0.3 is 10.8 Å². The molecule has 0 saturated carbocycles. The molecule has 0 aliphatic heterocycles. The first kappa shape index (κ1) is 11.6. The second kappa shape index (κ2) is 5.46. The van der Waals surface area contributed by atoms with Gasteiger partial charge in [-0.15, -0.1) is 0 Å². The average Bonchev–Trinajstić information content (AvgIpc) is 2.33. The number of para-hydroxylation sites is 1. The van der Waals surface area contributed by atoms with Crippen molar-refractivity contribution in [2.75, 3.05) is 0 Å². The van der Waals surface area contributed by atoms with Crippen LogP contribution in [-0.4, -0.2) is 16.1 Å². The van der Waals surface area contributed by atoms with Crippen molar-refractivity contribution in [2.24, 2.45) is 5.73 Å². The number of aromatic nitrogens is 1. The molecule has 1 aromatic heterocycles. The highest BCUT2D eigenvalue weighted by Crippen LogP contribution is 2.17. The monoisotopic (exact) mass is 228 g/mol. The van der Waals surface area contributed by atoms with Crippen molar-refractivity contribution in [3.8, 4) is 5.75 Å². The Labute approximate surface area is 101 Å². The van der Waals surface area contributed by atoms with Crippen LogP contribution >= 0.6 is 0 Å². The standard InChI is InChI=1S/C14H16N2O/c15-13(9-11-5-7-16-8-6-11)10-12-3-1-2-4-14(12)17/h1-8,13,17H,9-10,15H2. The van der Waals surface area contributed by atoms with Gasteiger partial charge in [0.15, 0.2) is 0 Å². The van der Waals surface area contributed by atoms with Gasteiger partial charge in [0.25, 0.3) is 0 Å². The predicted octanol–water partition coefficient (Wildman–Crippen LogP) is 1.90. The van der Waals surface area contributed by atoms with Crippen molar-refractivity contribution < 1.29 is 5.11 Å². The van der Waals surface area contributed by atoms with Crippen LogP contribution in [0.25, 0.3) is 0 Å². The molecule has 1 unspecified atom stereocenters. The van der Waals surface area contributed by atoms with Gasteiger partial charge in [0.2, 0.25) is 0 Å². The highest BCUT2D eigenvalue weighted by atomic mass is 16.3. The van der Waals surface area contributed by atoms with Crippen LogP contribution < -0.4 is 5.73 Å². The van der Waals surface area contributed by atoms with E-state index in [9.17, 15) is 5.11 Å². The van der Waals surface area contributed by atoms with Crippen molar-refractivity contribution in [1.29, 1.82) is 0 Å². The van der Waals surface area contributed by atoms with E-state index in [1.165, 1.54) is 5.56 Å². The predicted molar refractivity (Wildman–Crippen MR) is 67.7 cm³/mol. The zero-order chi connectivity index (χ0) is 12.1. The van der Waals surface area contributed by atoms with E-state index in [1.807, 2.05) is 30.3 Å². The topological polar surface area (TPSA) is 59.1 Å². The van der Waals surface area contributed by atoms with Crippen LogP contribution in [0.4, 0.5) is 0 Å². The Morgan fingerprint density at radius 2 is 1.76 bits per heavy atom. The molecule has 2 aromatic rings. The molecule has 0 aliphatic rings. The molecule has 0 spiro atoms. The molecular formula is C14H16N2O. The van der Waals surface area contributed by atoms with Crippen LogP contribution in [0.15, 0.2) is 48.8 Å². The zero-order valence-corrected chi connectivity index (χ0v) is 9.58. The summed E-state index contributed by atoms with van der Waals surface area (Å²) >= 11 is 0. The number of hydrogen-bond donors (Lipinski definition) is 2. The fraction of sp³-hybridized carbons (Fsp3) is 0.214. The summed E-state index contributed by atoms with van der Waals surface area (Å²) in [5, 5.41) is 9.66. The third-order valence-electron chi connectivity index (χ3n) is 2.72. The smallest absolute Gasteiger partial charge is 0.118 e. The molecule has 0 aliphatic carbocycles. The molecule has 0 fully saturated rings. The summed E-state index contributed by atoms with van der Waals surface area (Å²) in [6, 6.07) is 11.2.